The van der Waals surface area contributed by atoms with Crippen LogP contribution < -0.4 is 10.5 Å². The van der Waals surface area contributed by atoms with Gasteiger partial charge in [-0.05, 0) is 49.6 Å². The molecule has 2 nitrogen and oxygen atoms in total. The molecule has 0 unspecified atom stereocenters. The Morgan fingerprint density at radius 1 is 1.05 bits per heavy atom. The normalized spacial score (nSPS) is 10.5. The summed E-state index contributed by atoms with van der Waals surface area (Å²) in [7, 11) is 0. The van der Waals surface area contributed by atoms with Crippen molar-refractivity contribution in [3.05, 3.63) is 57.6 Å². The second-order valence-corrected chi connectivity index (χ2v) is 5.26. The molecule has 100 valence electrons. The van der Waals surface area contributed by atoms with Crippen LogP contribution in [0.1, 0.15) is 22.3 Å². The van der Waals surface area contributed by atoms with E-state index in [4.69, 9.17) is 22.1 Å². The van der Waals surface area contributed by atoms with Gasteiger partial charge in [0.2, 0.25) is 0 Å². The Balaban J connectivity index is 2.16. The molecule has 0 fully saturated rings. The number of hydrogen-bond donors (Lipinski definition) is 1. The third kappa shape index (κ3) is 3.21. The van der Waals surface area contributed by atoms with Gasteiger partial charge in [0, 0.05) is 6.07 Å². The van der Waals surface area contributed by atoms with E-state index in [1.54, 1.807) is 12.1 Å². The van der Waals surface area contributed by atoms with Gasteiger partial charge in [0.05, 0.1) is 10.7 Å². The lowest BCUT2D eigenvalue weighted by Gasteiger charge is -2.13. The summed E-state index contributed by atoms with van der Waals surface area (Å²) in [5, 5.41) is 0.523. The lowest BCUT2D eigenvalue weighted by molar-refractivity contribution is 0.304. The van der Waals surface area contributed by atoms with Gasteiger partial charge < -0.3 is 10.5 Å². The van der Waals surface area contributed by atoms with Gasteiger partial charge in [-0.15, -0.1) is 0 Å². The van der Waals surface area contributed by atoms with Crippen molar-refractivity contribution in [2.75, 3.05) is 5.73 Å². The van der Waals surface area contributed by atoms with E-state index in [1.165, 1.54) is 22.3 Å². The van der Waals surface area contributed by atoms with Crippen molar-refractivity contribution in [1.82, 2.24) is 0 Å². The number of benzene rings is 2. The molecule has 0 atom stereocenters. The standard InChI is InChI=1S/C16H18ClNO/c1-10-6-11(2)14(12(3)7-10)9-19-13-4-5-16(18)15(17)8-13/h4-8H,9,18H2,1-3H3. The Labute approximate surface area is 119 Å². The lowest BCUT2D eigenvalue weighted by Crippen LogP contribution is -2.01. The molecule has 0 amide bonds. The summed E-state index contributed by atoms with van der Waals surface area (Å²) in [6.07, 6.45) is 0. The molecule has 0 bridgehead atoms. The second-order valence-electron chi connectivity index (χ2n) is 4.85. The molecule has 0 aliphatic carbocycles. The topological polar surface area (TPSA) is 35.2 Å². The molecule has 19 heavy (non-hydrogen) atoms. The molecule has 0 aromatic heterocycles. The number of aryl methyl sites for hydroxylation is 3. The molecule has 2 N–H and O–H groups in total. The quantitative estimate of drug-likeness (QED) is 0.841. The summed E-state index contributed by atoms with van der Waals surface area (Å²) in [6.45, 7) is 6.85. The minimum Gasteiger partial charge on any atom is -0.489 e. The van der Waals surface area contributed by atoms with E-state index < -0.39 is 0 Å². The highest BCUT2D eigenvalue weighted by Gasteiger charge is 2.06. The highest BCUT2D eigenvalue weighted by molar-refractivity contribution is 6.33. The van der Waals surface area contributed by atoms with Gasteiger partial charge in [0.25, 0.3) is 0 Å². The number of nitrogens with two attached hydrogens (primary N) is 1. The lowest BCUT2D eigenvalue weighted by atomic mass is 10.0. The molecule has 0 aliphatic rings. The van der Waals surface area contributed by atoms with E-state index in [9.17, 15) is 0 Å². The summed E-state index contributed by atoms with van der Waals surface area (Å²) in [4.78, 5) is 0. The van der Waals surface area contributed by atoms with Crippen molar-refractivity contribution in [2.45, 2.75) is 27.4 Å². The Morgan fingerprint density at radius 2 is 1.68 bits per heavy atom. The maximum Gasteiger partial charge on any atom is 0.121 e. The Bertz CT molecular complexity index is 585. The smallest absolute Gasteiger partial charge is 0.121 e. The summed E-state index contributed by atoms with van der Waals surface area (Å²) < 4.78 is 5.79. The molecular formula is C16H18ClNO. The zero-order valence-electron chi connectivity index (χ0n) is 11.5. The maximum atomic E-state index is 5.97. The van der Waals surface area contributed by atoms with Crippen LogP contribution in [0.2, 0.25) is 5.02 Å². The Kier molecular flexibility index (Phi) is 4.01. The van der Waals surface area contributed by atoms with Crippen molar-refractivity contribution in [3.63, 3.8) is 0 Å². The third-order valence-corrected chi connectivity index (χ3v) is 3.52. The van der Waals surface area contributed by atoms with E-state index in [0.29, 0.717) is 17.3 Å². The first-order valence-corrected chi connectivity index (χ1v) is 6.59. The number of ether oxygens (including phenoxy) is 1. The van der Waals surface area contributed by atoms with Crippen LogP contribution in [0.15, 0.2) is 30.3 Å². The van der Waals surface area contributed by atoms with Crippen LogP contribution in [-0.2, 0) is 6.61 Å². The van der Waals surface area contributed by atoms with Crippen molar-refractivity contribution in [3.8, 4) is 5.75 Å². The van der Waals surface area contributed by atoms with Crippen LogP contribution in [-0.4, -0.2) is 0 Å². The molecule has 2 aromatic carbocycles. The van der Waals surface area contributed by atoms with E-state index in [1.807, 2.05) is 6.07 Å². The Hall–Kier alpha value is -1.67. The molecule has 3 heteroatoms. The van der Waals surface area contributed by atoms with Gasteiger partial charge >= 0.3 is 0 Å². The van der Waals surface area contributed by atoms with E-state index in [2.05, 4.69) is 32.9 Å². The number of anilines is 1. The fourth-order valence-electron chi connectivity index (χ4n) is 2.19. The minimum absolute atomic E-state index is 0.523. The van der Waals surface area contributed by atoms with Gasteiger partial charge in [0.15, 0.2) is 0 Å². The summed E-state index contributed by atoms with van der Waals surface area (Å²) >= 11 is 5.97. The van der Waals surface area contributed by atoms with Crippen molar-refractivity contribution >= 4 is 17.3 Å². The molecule has 2 rings (SSSR count). The molecule has 0 heterocycles. The molecule has 0 spiro atoms. The monoisotopic (exact) mass is 275 g/mol. The van der Waals surface area contributed by atoms with Crippen LogP contribution in [0.25, 0.3) is 0 Å². The van der Waals surface area contributed by atoms with Crippen LogP contribution >= 0.6 is 11.6 Å². The fraction of sp³-hybridized carbons (Fsp3) is 0.250. The van der Waals surface area contributed by atoms with Gasteiger partial charge in [-0.25, -0.2) is 0 Å². The van der Waals surface area contributed by atoms with Crippen molar-refractivity contribution in [1.29, 1.82) is 0 Å². The molecule has 0 radical (unpaired) electrons. The van der Waals surface area contributed by atoms with Crippen molar-refractivity contribution in [2.24, 2.45) is 0 Å². The number of halogens is 1. The maximum absolute atomic E-state index is 5.97. The van der Waals surface area contributed by atoms with Gasteiger partial charge in [-0.2, -0.15) is 0 Å². The van der Waals surface area contributed by atoms with E-state index in [0.717, 1.165) is 5.75 Å². The molecule has 2 aromatic rings. The molecule has 0 aliphatic heterocycles. The summed E-state index contributed by atoms with van der Waals surface area (Å²) in [5.41, 5.74) is 11.2. The van der Waals surface area contributed by atoms with Crippen molar-refractivity contribution < 1.29 is 4.74 Å². The fourth-order valence-corrected chi connectivity index (χ4v) is 2.36. The number of nitrogen functional groups attached to an aromatic ring is 1. The number of rotatable bonds is 3. The van der Waals surface area contributed by atoms with Crippen LogP contribution in [0.4, 0.5) is 5.69 Å². The summed E-state index contributed by atoms with van der Waals surface area (Å²) in [6, 6.07) is 9.67. The predicted molar refractivity (Wildman–Crippen MR) is 80.8 cm³/mol. The first kappa shape index (κ1) is 13.8. The zero-order valence-corrected chi connectivity index (χ0v) is 12.2. The van der Waals surface area contributed by atoms with Crippen LogP contribution in [0.5, 0.6) is 5.75 Å². The predicted octanol–water partition coefficient (Wildman–Crippen LogP) is 4.43. The van der Waals surface area contributed by atoms with Gasteiger partial charge in [-0.3, -0.25) is 0 Å². The molecule has 0 saturated heterocycles. The van der Waals surface area contributed by atoms with Gasteiger partial charge in [-0.1, -0.05) is 29.3 Å². The average molecular weight is 276 g/mol. The average Bonchev–Trinajstić information content (AvgIpc) is 2.32. The third-order valence-electron chi connectivity index (χ3n) is 3.20. The van der Waals surface area contributed by atoms with E-state index in [-0.39, 0.29) is 0 Å². The minimum atomic E-state index is 0.523. The van der Waals surface area contributed by atoms with E-state index >= 15 is 0 Å². The Morgan fingerprint density at radius 3 is 2.26 bits per heavy atom. The van der Waals surface area contributed by atoms with Crippen LogP contribution in [0, 0.1) is 20.8 Å². The second kappa shape index (κ2) is 5.54. The SMILES string of the molecule is Cc1cc(C)c(COc2ccc(N)c(Cl)c2)c(C)c1. The summed E-state index contributed by atoms with van der Waals surface area (Å²) in [5.74, 6) is 0.735. The highest BCUT2D eigenvalue weighted by Crippen LogP contribution is 2.25. The van der Waals surface area contributed by atoms with Crippen LogP contribution in [0.3, 0.4) is 0 Å². The first-order valence-electron chi connectivity index (χ1n) is 6.22. The highest BCUT2D eigenvalue weighted by atomic mass is 35.5. The zero-order chi connectivity index (χ0) is 14.0. The number of hydrogen-bond acceptors (Lipinski definition) is 2. The first-order chi connectivity index (χ1) is 8.97. The molecular weight excluding hydrogens is 258 g/mol. The largest absolute Gasteiger partial charge is 0.489 e. The molecule has 0 saturated carbocycles. The van der Waals surface area contributed by atoms with Gasteiger partial charge in [0.1, 0.15) is 12.4 Å².